The Hall–Kier alpha value is -0.870. The monoisotopic (exact) mass is 472 g/mol. The van der Waals surface area contributed by atoms with Gasteiger partial charge < -0.3 is 15.3 Å². The molecule has 0 aromatic carbocycles. The van der Waals surface area contributed by atoms with Gasteiger partial charge in [0.15, 0.2) is 0 Å². The van der Waals surface area contributed by atoms with Gasteiger partial charge in [0.2, 0.25) is 0 Å². The maximum Gasteiger partial charge on any atom is 0.309 e. The summed E-state index contributed by atoms with van der Waals surface area (Å²) in [5, 5.41) is 32.2. The van der Waals surface area contributed by atoms with Crippen molar-refractivity contribution in [3.05, 3.63) is 11.6 Å². The predicted octanol–water partition coefficient (Wildman–Crippen LogP) is 6.20. The maximum atomic E-state index is 12.3. The molecule has 4 nitrogen and oxygen atoms in total. The van der Waals surface area contributed by atoms with E-state index in [9.17, 15) is 20.1 Å². The lowest BCUT2D eigenvalue weighted by atomic mass is 9.33. The minimum Gasteiger partial charge on any atom is -0.481 e. The SMILES string of the molecule is CC1(C)[C@H]2CC[C@]3(C)[C@H](CC=C4[C@H]5C[C@@](C)(C(=O)O)C[C@H](O)[C@]5(C)CC[C@]43C)[C@@]2(C)CC[C@@H]1O. The number of aliphatic hydroxyl groups is 2. The van der Waals surface area contributed by atoms with E-state index in [0.29, 0.717) is 24.7 Å². The van der Waals surface area contributed by atoms with E-state index in [4.69, 9.17) is 0 Å². The van der Waals surface area contributed by atoms with Crippen LogP contribution in [0.3, 0.4) is 0 Å². The lowest BCUT2D eigenvalue weighted by Gasteiger charge is -2.71. The van der Waals surface area contributed by atoms with Crippen molar-refractivity contribution in [3.8, 4) is 0 Å². The second-order valence-electron chi connectivity index (χ2n) is 15.0. The van der Waals surface area contributed by atoms with Gasteiger partial charge in [0.25, 0.3) is 0 Å². The Kier molecular flexibility index (Phi) is 5.20. The average molecular weight is 473 g/mol. The smallest absolute Gasteiger partial charge is 0.309 e. The maximum absolute atomic E-state index is 12.3. The third-order valence-corrected chi connectivity index (χ3v) is 13.4. The van der Waals surface area contributed by atoms with Crippen molar-refractivity contribution >= 4 is 5.97 Å². The first-order valence-electron chi connectivity index (χ1n) is 13.9. The first-order chi connectivity index (χ1) is 15.6. The molecule has 0 radical (unpaired) electrons. The largest absolute Gasteiger partial charge is 0.481 e. The van der Waals surface area contributed by atoms with Gasteiger partial charge in [0.05, 0.1) is 17.6 Å². The van der Waals surface area contributed by atoms with Gasteiger partial charge in [-0.2, -0.15) is 0 Å². The van der Waals surface area contributed by atoms with Gasteiger partial charge in [-0.1, -0.05) is 53.2 Å². The van der Waals surface area contributed by atoms with Crippen LogP contribution >= 0.6 is 0 Å². The summed E-state index contributed by atoms with van der Waals surface area (Å²) in [6, 6.07) is 0. The van der Waals surface area contributed by atoms with Crippen molar-refractivity contribution in [2.75, 3.05) is 0 Å². The molecule has 0 bridgehead atoms. The van der Waals surface area contributed by atoms with Crippen LogP contribution in [0, 0.1) is 50.2 Å². The van der Waals surface area contributed by atoms with E-state index < -0.39 is 17.5 Å². The normalized spacial score (nSPS) is 56.3. The molecule has 5 aliphatic carbocycles. The molecule has 0 amide bonds. The number of aliphatic carboxylic acids is 1. The standard InChI is InChI=1S/C30H48O4/c1-25(2)20-10-13-30(7)21(28(20,5)12-11-22(25)31)9-8-18-19-16-26(3,24(33)34)17-23(32)27(19,4)14-15-29(18,30)6/h8,19-23,31-32H,9-17H2,1-7H3,(H,33,34)/t19-,20-,21-,22+,23+,26-,27-,28+,29-,30-/m1/s1. The summed E-state index contributed by atoms with van der Waals surface area (Å²) in [5.74, 6) is 0.463. The van der Waals surface area contributed by atoms with Crippen LogP contribution < -0.4 is 0 Å². The second kappa shape index (κ2) is 7.12. The Bertz CT molecular complexity index is 923. The average Bonchev–Trinajstić information content (AvgIpc) is 2.73. The van der Waals surface area contributed by atoms with Gasteiger partial charge in [-0.15, -0.1) is 0 Å². The summed E-state index contributed by atoms with van der Waals surface area (Å²) in [7, 11) is 0. The molecule has 0 heterocycles. The Balaban J connectivity index is 1.59. The molecule has 10 atom stereocenters. The highest BCUT2D eigenvalue weighted by Crippen LogP contribution is 2.75. The van der Waals surface area contributed by atoms with E-state index in [0.717, 1.165) is 38.5 Å². The van der Waals surface area contributed by atoms with Crippen molar-refractivity contribution < 1.29 is 20.1 Å². The van der Waals surface area contributed by atoms with Gasteiger partial charge in [0.1, 0.15) is 0 Å². The number of aliphatic hydroxyl groups excluding tert-OH is 2. The zero-order chi connectivity index (χ0) is 25.1. The quantitative estimate of drug-likeness (QED) is 0.397. The highest BCUT2D eigenvalue weighted by Gasteiger charge is 2.69. The van der Waals surface area contributed by atoms with Gasteiger partial charge >= 0.3 is 5.97 Å². The second-order valence-corrected chi connectivity index (χ2v) is 15.0. The Morgan fingerprint density at radius 2 is 1.50 bits per heavy atom. The summed E-state index contributed by atoms with van der Waals surface area (Å²) >= 11 is 0. The van der Waals surface area contributed by atoms with Gasteiger partial charge in [-0.3, -0.25) is 4.79 Å². The Morgan fingerprint density at radius 3 is 2.15 bits per heavy atom. The van der Waals surface area contributed by atoms with Crippen molar-refractivity contribution in [2.24, 2.45) is 50.2 Å². The molecule has 192 valence electrons. The zero-order valence-electron chi connectivity index (χ0n) is 22.6. The van der Waals surface area contributed by atoms with E-state index in [-0.39, 0.29) is 39.1 Å². The third-order valence-electron chi connectivity index (χ3n) is 13.4. The number of carboxylic acid groups (broad SMARTS) is 1. The summed E-state index contributed by atoms with van der Waals surface area (Å²) in [6.07, 6.45) is 10.1. The molecule has 34 heavy (non-hydrogen) atoms. The summed E-state index contributed by atoms with van der Waals surface area (Å²) < 4.78 is 0. The fraction of sp³-hybridized carbons (Fsp3) is 0.900. The van der Waals surface area contributed by atoms with Gasteiger partial charge in [0, 0.05) is 5.41 Å². The zero-order valence-corrected chi connectivity index (χ0v) is 22.6. The van der Waals surface area contributed by atoms with Gasteiger partial charge in [-0.05, 0) is 104 Å². The minimum atomic E-state index is -0.867. The van der Waals surface area contributed by atoms with Crippen LogP contribution in [0.1, 0.15) is 106 Å². The van der Waals surface area contributed by atoms with Crippen molar-refractivity contribution in [2.45, 2.75) is 118 Å². The first-order valence-corrected chi connectivity index (χ1v) is 13.9. The van der Waals surface area contributed by atoms with Crippen LogP contribution in [-0.2, 0) is 4.79 Å². The highest BCUT2D eigenvalue weighted by atomic mass is 16.4. The fourth-order valence-electron chi connectivity index (χ4n) is 10.6. The molecule has 0 spiro atoms. The molecule has 0 unspecified atom stereocenters. The van der Waals surface area contributed by atoms with E-state index in [1.807, 2.05) is 6.92 Å². The number of allylic oxidation sites excluding steroid dienone is 2. The van der Waals surface area contributed by atoms with Crippen molar-refractivity contribution in [1.29, 1.82) is 0 Å². The fourth-order valence-corrected chi connectivity index (χ4v) is 10.6. The lowest BCUT2D eigenvalue weighted by Crippen LogP contribution is -2.65. The summed E-state index contributed by atoms with van der Waals surface area (Å²) in [6.45, 7) is 16.2. The lowest BCUT2D eigenvalue weighted by molar-refractivity contribution is -0.208. The molecule has 0 aromatic heterocycles. The molecule has 0 saturated heterocycles. The molecule has 0 aromatic rings. The topological polar surface area (TPSA) is 77.8 Å². The van der Waals surface area contributed by atoms with E-state index in [1.165, 1.54) is 12.0 Å². The van der Waals surface area contributed by atoms with Crippen LogP contribution in [0.5, 0.6) is 0 Å². The number of rotatable bonds is 1. The van der Waals surface area contributed by atoms with Gasteiger partial charge in [-0.25, -0.2) is 0 Å². The van der Waals surface area contributed by atoms with Crippen molar-refractivity contribution in [1.82, 2.24) is 0 Å². The molecule has 5 aliphatic rings. The van der Waals surface area contributed by atoms with E-state index in [1.54, 1.807) is 0 Å². The van der Waals surface area contributed by atoms with Crippen LogP contribution in [0.4, 0.5) is 0 Å². The third kappa shape index (κ3) is 2.82. The number of fused-ring (bicyclic) bond motifs is 7. The van der Waals surface area contributed by atoms with Crippen LogP contribution in [0.25, 0.3) is 0 Å². The molecular formula is C30H48O4. The predicted molar refractivity (Wildman–Crippen MR) is 134 cm³/mol. The minimum absolute atomic E-state index is 0.0325. The molecule has 4 fully saturated rings. The van der Waals surface area contributed by atoms with E-state index >= 15 is 0 Å². The first kappa shape index (κ1) is 24.8. The Labute approximate surface area is 206 Å². The van der Waals surface area contributed by atoms with Crippen LogP contribution in [0.2, 0.25) is 0 Å². The van der Waals surface area contributed by atoms with Crippen LogP contribution in [-0.4, -0.2) is 33.5 Å². The molecule has 4 saturated carbocycles. The van der Waals surface area contributed by atoms with Crippen LogP contribution in [0.15, 0.2) is 11.6 Å². The van der Waals surface area contributed by atoms with E-state index in [2.05, 4.69) is 47.6 Å². The molecule has 5 rings (SSSR count). The number of carboxylic acids is 1. The number of hydrogen-bond donors (Lipinski definition) is 3. The molecule has 4 heteroatoms. The summed E-state index contributed by atoms with van der Waals surface area (Å²) in [4.78, 5) is 12.3. The molecule has 3 N–H and O–H groups in total. The van der Waals surface area contributed by atoms with Crippen molar-refractivity contribution in [3.63, 3.8) is 0 Å². The summed E-state index contributed by atoms with van der Waals surface area (Å²) in [5.41, 5.74) is 0.706. The molecular weight excluding hydrogens is 424 g/mol. The molecule has 0 aliphatic heterocycles. The number of hydrogen-bond acceptors (Lipinski definition) is 3. The Morgan fingerprint density at radius 1 is 0.824 bits per heavy atom. The number of carbonyl (C=O) groups is 1. The highest BCUT2D eigenvalue weighted by molar-refractivity contribution is 5.74.